The third kappa shape index (κ3) is 4.21. The summed E-state index contributed by atoms with van der Waals surface area (Å²) in [6.07, 6.45) is 4.49. The summed E-state index contributed by atoms with van der Waals surface area (Å²) >= 11 is 0. The fourth-order valence-electron chi connectivity index (χ4n) is 2.73. The SMILES string of the molecule is CCOC(=O)n1cnc([C@H]2CC[C@@H](COCc3ccccc3)O2)c1. The van der Waals surface area contributed by atoms with E-state index in [0.717, 1.165) is 24.1 Å². The molecular weight excluding hydrogens is 308 g/mol. The van der Waals surface area contributed by atoms with Gasteiger partial charge in [0.05, 0.1) is 31.6 Å². The number of aromatic nitrogens is 2. The maximum Gasteiger partial charge on any atom is 0.419 e. The Morgan fingerprint density at radius 3 is 2.96 bits per heavy atom. The highest BCUT2D eigenvalue weighted by Gasteiger charge is 2.28. The van der Waals surface area contributed by atoms with Gasteiger partial charge in [0.1, 0.15) is 12.4 Å². The summed E-state index contributed by atoms with van der Waals surface area (Å²) in [6, 6.07) is 10.1. The molecule has 1 aromatic heterocycles. The van der Waals surface area contributed by atoms with Crippen LogP contribution in [0, 0.1) is 0 Å². The normalized spacial score (nSPS) is 20.2. The van der Waals surface area contributed by atoms with Gasteiger partial charge in [0.15, 0.2) is 0 Å². The van der Waals surface area contributed by atoms with Crippen LogP contribution >= 0.6 is 0 Å². The van der Waals surface area contributed by atoms with Gasteiger partial charge in [-0.1, -0.05) is 30.3 Å². The van der Waals surface area contributed by atoms with Gasteiger partial charge in [-0.2, -0.15) is 0 Å². The van der Waals surface area contributed by atoms with E-state index in [2.05, 4.69) is 4.98 Å². The van der Waals surface area contributed by atoms with Crippen LogP contribution in [-0.4, -0.2) is 35.0 Å². The number of rotatable bonds is 6. The molecule has 0 amide bonds. The predicted molar refractivity (Wildman–Crippen MR) is 87.6 cm³/mol. The molecule has 0 N–H and O–H groups in total. The van der Waals surface area contributed by atoms with Crippen LogP contribution in [0.5, 0.6) is 0 Å². The Hall–Kier alpha value is -2.18. The molecule has 128 valence electrons. The summed E-state index contributed by atoms with van der Waals surface area (Å²) < 4.78 is 18.0. The van der Waals surface area contributed by atoms with Crippen molar-refractivity contribution in [2.24, 2.45) is 0 Å². The van der Waals surface area contributed by atoms with Crippen molar-refractivity contribution in [3.05, 3.63) is 54.1 Å². The lowest BCUT2D eigenvalue weighted by Gasteiger charge is -2.12. The van der Waals surface area contributed by atoms with Crippen molar-refractivity contribution in [1.82, 2.24) is 9.55 Å². The fourth-order valence-corrected chi connectivity index (χ4v) is 2.73. The number of benzene rings is 1. The average molecular weight is 330 g/mol. The zero-order chi connectivity index (χ0) is 16.8. The topological polar surface area (TPSA) is 62.6 Å². The van der Waals surface area contributed by atoms with Crippen molar-refractivity contribution in [1.29, 1.82) is 0 Å². The summed E-state index contributed by atoms with van der Waals surface area (Å²) in [5.74, 6) is 0. The lowest BCUT2D eigenvalue weighted by atomic mass is 10.1. The maximum absolute atomic E-state index is 11.7. The highest BCUT2D eigenvalue weighted by molar-refractivity contribution is 5.70. The summed E-state index contributed by atoms with van der Waals surface area (Å²) in [6.45, 7) is 3.26. The maximum atomic E-state index is 11.7. The van der Waals surface area contributed by atoms with Crippen LogP contribution in [0.15, 0.2) is 42.9 Å². The predicted octanol–water partition coefficient (Wildman–Crippen LogP) is 3.32. The van der Waals surface area contributed by atoms with E-state index >= 15 is 0 Å². The molecule has 1 saturated heterocycles. The van der Waals surface area contributed by atoms with Crippen molar-refractivity contribution in [2.75, 3.05) is 13.2 Å². The monoisotopic (exact) mass is 330 g/mol. The van der Waals surface area contributed by atoms with Gasteiger partial charge >= 0.3 is 6.09 Å². The first-order valence-corrected chi connectivity index (χ1v) is 8.24. The van der Waals surface area contributed by atoms with Crippen LogP contribution in [0.2, 0.25) is 0 Å². The fraction of sp³-hybridized carbons (Fsp3) is 0.444. The molecule has 1 aliphatic heterocycles. The van der Waals surface area contributed by atoms with Gasteiger partial charge in [0, 0.05) is 6.20 Å². The van der Waals surface area contributed by atoms with Gasteiger partial charge < -0.3 is 14.2 Å². The van der Waals surface area contributed by atoms with E-state index in [9.17, 15) is 4.79 Å². The number of hydrogen-bond acceptors (Lipinski definition) is 5. The molecule has 2 atom stereocenters. The van der Waals surface area contributed by atoms with E-state index in [0.29, 0.717) is 19.8 Å². The molecule has 6 heteroatoms. The summed E-state index contributed by atoms with van der Waals surface area (Å²) in [4.78, 5) is 15.9. The highest BCUT2D eigenvalue weighted by Crippen LogP contribution is 2.31. The molecule has 0 radical (unpaired) electrons. The molecule has 0 bridgehead atoms. The number of nitrogens with zero attached hydrogens (tertiary/aromatic N) is 2. The molecule has 0 saturated carbocycles. The van der Waals surface area contributed by atoms with Crippen LogP contribution in [-0.2, 0) is 20.8 Å². The Morgan fingerprint density at radius 1 is 1.33 bits per heavy atom. The second-order valence-corrected chi connectivity index (χ2v) is 5.73. The highest BCUT2D eigenvalue weighted by atomic mass is 16.6. The number of hydrogen-bond donors (Lipinski definition) is 0. The molecule has 6 nitrogen and oxygen atoms in total. The Morgan fingerprint density at radius 2 is 2.17 bits per heavy atom. The van der Waals surface area contributed by atoms with Crippen LogP contribution in [0.3, 0.4) is 0 Å². The van der Waals surface area contributed by atoms with Crippen LogP contribution in [0.25, 0.3) is 0 Å². The third-order valence-electron chi connectivity index (χ3n) is 3.93. The minimum absolute atomic E-state index is 0.0615. The van der Waals surface area contributed by atoms with Gasteiger partial charge in [-0.05, 0) is 25.3 Å². The van der Waals surface area contributed by atoms with Gasteiger partial charge in [0.2, 0.25) is 0 Å². The van der Waals surface area contributed by atoms with Crippen molar-refractivity contribution >= 4 is 6.09 Å². The third-order valence-corrected chi connectivity index (χ3v) is 3.93. The Bertz CT molecular complexity index is 656. The molecule has 3 rings (SSSR count). The Kier molecular flexibility index (Phi) is 5.61. The first-order chi connectivity index (χ1) is 11.8. The second-order valence-electron chi connectivity index (χ2n) is 5.73. The molecule has 2 heterocycles. The summed E-state index contributed by atoms with van der Waals surface area (Å²) in [5, 5.41) is 0. The Labute approximate surface area is 141 Å². The number of carbonyl (C=O) groups is 1. The number of imidazole rings is 1. The van der Waals surface area contributed by atoms with Crippen LogP contribution < -0.4 is 0 Å². The molecule has 1 aliphatic rings. The zero-order valence-electron chi connectivity index (χ0n) is 13.8. The molecule has 0 spiro atoms. The van der Waals surface area contributed by atoms with Crippen molar-refractivity contribution in [3.8, 4) is 0 Å². The smallest absolute Gasteiger partial charge is 0.419 e. The van der Waals surface area contributed by atoms with Gasteiger partial charge in [-0.25, -0.2) is 14.3 Å². The summed E-state index contributed by atoms with van der Waals surface area (Å²) in [7, 11) is 0. The number of ether oxygens (including phenoxy) is 3. The molecule has 24 heavy (non-hydrogen) atoms. The standard InChI is InChI=1S/C18H22N2O4/c1-2-23-18(21)20-10-16(19-13-20)17-9-8-15(24-17)12-22-11-14-6-4-3-5-7-14/h3-7,10,13,15,17H,2,8-9,11-12H2,1H3/t15-,17+/m0/s1. The minimum Gasteiger partial charge on any atom is -0.449 e. The number of carbonyl (C=O) groups excluding carboxylic acids is 1. The van der Waals surface area contributed by atoms with Gasteiger partial charge in [-0.15, -0.1) is 0 Å². The molecule has 1 aromatic carbocycles. The van der Waals surface area contributed by atoms with E-state index in [1.807, 2.05) is 30.3 Å². The zero-order valence-corrected chi connectivity index (χ0v) is 13.8. The largest absolute Gasteiger partial charge is 0.449 e. The van der Waals surface area contributed by atoms with Crippen molar-refractivity contribution in [2.45, 2.75) is 38.6 Å². The first kappa shape index (κ1) is 16.7. The van der Waals surface area contributed by atoms with E-state index in [1.54, 1.807) is 13.1 Å². The lowest BCUT2D eigenvalue weighted by molar-refractivity contribution is -0.0215. The van der Waals surface area contributed by atoms with Crippen LogP contribution in [0.1, 0.15) is 37.1 Å². The van der Waals surface area contributed by atoms with E-state index in [1.165, 1.54) is 10.9 Å². The second kappa shape index (κ2) is 8.08. The van der Waals surface area contributed by atoms with Crippen molar-refractivity contribution in [3.63, 3.8) is 0 Å². The molecule has 1 fully saturated rings. The van der Waals surface area contributed by atoms with Crippen molar-refractivity contribution < 1.29 is 19.0 Å². The molecule has 0 unspecified atom stereocenters. The van der Waals surface area contributed by atoms with E-state index in [4.69, 9.17) is 14.2 Å². The Balaban J connectivity index is 1.46. The molecule has 0 aliphatic carbocycles. The average Bonchev–Trinajstić information content (AvgIpc) is 3.25. The van der Waals surface area contributed by atoms with Gasteiger partial charge in [0.25, 0.3) is 0 Å². The quantitative estimate of drug-likeness (QED) is 0.813. The van der Waals surface area contributed by atoms with E-state index in [-0.39, 0.29) is 12.2 Å². The molecular formula is C18H22N2O4. The minimum atomic E-state index is -0.419. The summed E-state index contributed by atoms with van der Waals surface area (Å²) in [5.41, 5.74) is 1.91. The van der Waals surface area contributed by atoms with Gasteiger partial charge in [-0.3, -0.25) is 0 Å². The van der Waals surface area contributed by atoms with Crippen LogP contribution in [0.4, 0.5) is 4.79 Å². The first-order valence-electron chi connectivity index (χ1n) is 8.24. The van der Waals surface area contributed by atoms with E-state index < -0.39 is 6.09 Å². The molecule has 2 aromatic rings. The lowest BCUT2D eigenvalue weighted by Crippen LogP contribution is -2.15.